The Morgan fingerprint density at radius 1 is 1.42 bits per heavy atom. The molecule has 12 heteroatoms. The van der Waals surface area contributed by atoms with E-state index in [0.29, 0.717) is 0 Å². The fraction of sp³-hybridized carbons (Fsp3) is 0.167. The van der Waals surface area contributed by atoms with Gasteiger partial charge in [-0.25, -0.2) is 14.5 Å². The third-order valence-electron chi connectivity index (χ3n) is 2.65. The number of hydrogen-bond donors (Lipinski definition) is 2. The van der Waals surface area contributed by atoms with Crippen LogP contribution in [0.1, 0.15) is 0 Å². The van der Waals surface area contributed by atoms with Gasteiger partial charge in [-0.15, -0.1) is 11.3 Å². The Balaban J connectivity index is 0.000000256. The Morgan fingerprint density at radius 2 is 2.04 bits per heavy atom. The predicted molar refractivity (Wildman–Crippen MR) is 82.7 cm³/mol. The molecule has 0 radical (unpaired) electrons. The van der Waals surface area contributed by atoms with Crippen molar-refractivity contribution in [2.24, 2.45) is 7.05 Å². The van der Waals surface area contributed by atoms with E-state index in [0.717, 1.165) is 25.9 Å². The van der Waals surface area contributed by atoms with Crippen LogP contribution < -0.4 is 5.73 Å². The molecular formula is C12H9ClF3N5O2S. The highest BCUT2D eigenvalue weighted by atomic mass is 35.5. The number of aromatic nitrogens is 4. The number of nitrogen functional groups attached to an aromatic ring is 1. The molecule has 0 atom stereocenters. The van der Waals surface area contributed by atoms with Gasteiger partial charge in [0.25, 0.3) is 0 Å². The normalized spacial score (nSPS) is 11.2. The van der Waals surface area contributed by atoms with E-state index in [9.17, 15) is 13.2 Å². The van der Waals surface area contributed by atoms with Crippen molar-refractivity contribution in [2.75, 3.05) is 5.73 Å². The van der Waals surface area contributed by atoms with Crippen LogP contribution in [0.25, 0.3) is 21.6 Å². The Bertz CT molecular complexity index is 893. The van der Waals surface area contributed by atoms with Gasteiger partial charge in [-0.1, -0.05) is 11.6 Å². The molecule has 0 fully saturated rings. The van der Waals surface area contributed by atoms with Crippen LogP contribution in [0.2, 0.25) is 4.34 Å². The minimum atomic E-state index is -5.08. The van der Waals surface area contributed by atoms with E-state index >= 15 is 0 Å². The number of alkyl halides is 3. The van der Waals surface area contributed by atoms with E-state index in [1.807, 2.05) is 19.2 Å². The minimum absolute atomic E-state index is 0.247. The van der Waals surface area contributed by atoms with Crippen LogP contribution >= 0.6 is 22.9 Å². The van der Waals surface area contributed by atoms with Gasteiger partial charge in [0.2, 0.25) is 5.95 Å². The van der Waals surface area contributed by atoms with E-state index in [2.05, 4.69) is 15.1 Å². The summed E-state index contributed by atoms with van der Waals surface area (Å²) >= 11 is 7.40. The summed E-state index contributed by atoms with van der Waals surface area (Å²) in [4.78, 5) is 18.1. The summed E-state index contributed by atoms with van der Waals surface area (Å²) in [5, 5.41) is 12.4. The van der Waals surface area contributed by atoms with Crippen molar-refractivity contribution in [2.45, 2.75) is 6.18 Å². The quantitative estimate of drug-likeness (QED) is 0.673. The summed E-state index contributed by atoms with van der Waals surface area (Å²) in [5.41, 5.74) is 7.12. The molecule has 128 valence electrons. The summed E-state index contributed by atoms with van der Waals surface area (Å²) in [7, 11) is 1.83. The second-order valence-corrected chi connectivity index (χ2v) is 6.06. The van der Waals surface area contributed by atoms with Crippen molar-refractivity contribution in [3.8, 4) is 10.6 Å². The highest BCUT2D eigenvalue weighted by Gasteiger charge is 2.38. The van der Waals surface area contributed by atoms with Crippen LogP contribution in [-0.4, -0.2) is 37.0 Å². The molecule has 24 heavy (non-hydrogen) atoms. The molecule has 0 spiro atoms. The summed E-state index contributed by atoms with van der Waals surface area (Å²) in [5.74, 6) is -2.51. The number of hydrogen-bond acceptors (Lipinski definition) is 6. The first-order valence-corrected chi connectivity index (χ1v) is 7.30. The number of thiophene rings is 1. The molecule has 3 rings (SSSR count). The van der Waals surface area contributed by atoms with Gasteiger partial charge in [0, 0.05) is 13.2 Å². The second kappa shape index (κ2) is 6.61. The fourth-order valence-corrected chi connectivity index (χ4v) is 2.72. The first kappa shape index (κ1) is 17.9. The summed E-state index contributed by atoms with van der Waals surface area (Å²) in [6, 6.07) is 3.78. The van der Waals surface area contributed by atoms with Gasteiger partial charge in [-0.2, -0.15) is 23.3 Å². The van der Waals surface area contributed by atoms with Gasteiger partial charge < -0.3 is 10.8 Å². The van der Waals surface area contributed by atoms with Gasteiger partial charge in [-0.3, -0.25) is 0 Å². The number of carboxylic acid groups (broad SMARTS) is 1. The molecule has 0 aliphatic rings. The number of nitrogens with two attached hydrogens (primary N) is 1. The molecule has 0 saturated heterocycles. The highest BCUT2D eigenvalue weighted by Crippen LogP contribution is 2.33. The second-order valence-electron chi connectivity index (χ2n) is 4.34. The van der Waals surface area contributed by atoms with Crippen LogP contribution in [0, 0.1) is 0 Å². The number of carbonyl (C=O) groups is 1. The predicted octanol–water partition coefficient (Wildman–Crippen LogP) is 2.96. The number of aryl methyl sites for hydroxylation is 1. The molecule has 0 aromatic carbocycles. The molecular weight excluding hydrogens is 371 g/mol. The van der Waals surface area contributed by atoms with E-state index in [4.69, 9.17) is 27.2 Å². The first-order chi connectivity index (χ1) is 11.1. The molecule has 0 bridgehead atoms. The van der Waals surface area contributed by atoms with Crippen LogP contribution in [0.4, 0.5) is 19.1 Å². The number of rotatable bonds is 1. The Hall–Kier alpha value is -2.40. The van der Waals surface area contributed by atoms with Crippen LogP contribution in [-0.2, 0) is 11.8 Å². The van der Waals surface area contributed by atoms with Gasteiger partial charge in [-0.05, 0) is 12.1 Å². The molecule has 0 saturated carbocycles. The number of halogens is 4. The largest absolute Gasteiger partial charge is 0.490 e. The number of fused-ring (bicyclic) bond motifs is 1. The molecule has 3 heterocycles. The maximum absolute atomic E-state index is 10.6. The molecule has 7 nitrogen and oxygen atoms in total. The molecule has 3 aromatic heterocycles. The Labute approximate surface area is 141 Å². The lowest BCUT2D eigenvalue weighted by molar-refractivity contribution is -0.192. The molecule has 0 amide bonds. The number of nitrogens with zero attached hydrogens (tertiary/aromatic N) is 4. The smallest absolute Gasteiger partial charge is 0.475 e. The lowest BCUT2D eigenvalue weighted by atomic mass is 10.2. The molecule has 3 aromatic rings. The van der Waals surface area contributed by atoms with Crippen molar-refractivity contribution < 1.29 is 23.1 Å². The topological polar surface area (TPSA) is 107 Å². The van der Waals surface area contributed by atoms with Gasteiger partial charge >= 0.3 is 12.1 Å². The average Bonchev–Trinajstić information content (AvgIpc) is 3.03. The van der Waals surface area contributed by atoms with Gasteiger partial charge in [0.1, 0.15) is 5.69 Å². The number of carboxylic acids is 1. The van der Waals surface area contributed by atoms with E-state index in [1.54, 1.807) is 10.9 Å². The lowest BCUT2D eigenvalue weighted by Crippen LogP contribution is -2.21. The zero-order chi connectivity index (χ0) is 18.1. The van der Waals surface area contributed by atoms with Crippen molar-refractivity contribution >= 4 is 45.9 Å². The average molecular weight is 380 g/mol. The Morgan fingerprint density at radius 3 is 2.54 bits per heavy atom. The highest BCUT2D eigenvalue weighted by molar-refractivity contribution is 7.19. The zero-order valence-corrected chi connectivity index (χ0v) is 13.4. The molecule has 3 N–H and O–H groups in total. The fourth-order valence-electron chi connectivity index (χ4n) is 1.67. The minimum Gasteiger partial charge on any atom is -0.475 e. The third kappa shape index (κ3) is 3.92. The van der Waals surface area contributed by atoms with Crippen LogP contribution in [0.3, 0.4) is 0 Å². The number of aliphatic carboxylic acids is 1. The lowest BCUT2D eigenvalue weighted by Gasteiger charge is -1.93. The monoisotopic (exact) mass is 379 g/mol. The van der Waals surface area contributed by atoms with E-state index in [1.165, 1.54) is 11.3 Å². The van der Waals surface area contributed by atoms with Crippen molar-refractivity contribution in [3.05, 3.63) is 22.7 Å². The van der Waals surface area contributed by atoms with Crippen LogP contribution in [0.5, 0.6) is 0 Å². The third-order valence-corrected chi connectivity index (χ3v) is 3.89. The van der Waals surface area contributed by atoms with Crippen LogP contribution in [0.15, 0.2) is 18.3 Å². The Kier molecular flexibility index (Phi) is 4.94. The molecule has 0 aliphatic carbocycles. The maximum Gasteiger partial charge on any atom is 0.490 e. The van der Waals surface area contributed by atoms with Gasteiger partial charge in [0.05, 0.1) is 14.6 Å². The van der Waals surface area contributed by atoms with Crippen molar-refractivity contribution in [3.63, 3.8) is 0 Å². The molecule has 0 aliphatic heterocycles. The summed E-state index contributed by atoms with van der Waals surface area (Å²) < 4.78 is 34.2. The SMILES string of the molecule is Cn1nc(-c2ccc(Cl)s2)c2cnc(N)nc21.O=C(O)C(F)(F)F. The van der Waals surface area contributed by atoms with E-state index < -0.39 is 12.1 Å². The van der Waals surface area contributed by atoms with Gasteiger partial charge in [0.15, 0.2) is 5.65 Å². The van der Waals surface area contributed by atoms with E-state index in [-0.39, 0.29) is 5.95 Å². The van der Waals surface area contributed by atoms with Crippen molar-refractivity contribution in [1.82, 2.24) is 19.7 Å². The van der Waals surface area contributed by atoms with Crippen molar-refractivity contribution in [1.29, 1.82) is 0 Å². The molecule has 0 unspecified atom stereocenters. The standard InChI is InChI=1S/C10H8ClN5S.C2HF3O2/c1-16-9-5(4-13-10(12)14-9)8(15-16)6-2-3-7(11)17-6;3-2(4,5)1(6)7/h2-4H,1H3,(H2,12,13,14);(H,6,7). The summed E-state index contributed by atoms with van der Waals surface area (Å²) in [6.07, 6.45) is -3.40. The zero-order valence-electron chi connectivity index (χ0n) is 11.9. The summed E-state index contributed by atoms with van der Waals surface area (Å²) in [6.45, 7) is 0. The number of anilines is 1. The first-order valence-electron chi connectivity index (χ1n) is 6.10. The maximum atomic E-state index is 10.6.